The molecule has 0 spiro atoms. The van der Waals surface area contributed by atoms with E-state index in [9.17, 15) is 0 Å². The Kier molecular flexibility index (Phi) is 1130. The summed E-state index contributed by atoms with van der Waals surface area (Å²) in [5, 5.41) is 0. The van der Waals surface area contributed by atoms with Gasteiger partial charge in [0.05, 0.1) is 0 Å². The first-order valence-corrected chi connectivity index (χ1v) is 0. The van der Waals surface area contributed by atoms with Gasteiger partial charge >= 0.3 is 0 Å². The van der Waals surface area contributed by atoms with Gasteiger partial charge < -0.3 is 0 Å². The molecular weight excluding hydrogens is 274 g/mol. The van der Waals surface area contributed by atoms with E-state index in [0.717, 1.165) is 0 Å². The molecule has 1 atom stereocenters. The average molecular weight is 283 g/mol. The molecule has 0 aromatic carbocycles. The van der Waals surface area contributed by atoms with Crippen molar-refractivity contribution in [3.8, 4) is 0 Å². The van der Waals surface area contributed by atoms with Gasteiger partial charge in [-0.05, 0) is 0 Å². The van der Waals surface area contributed by atoms with Crippen molar-refractivity contribution in [2.24, 2.45) is 0 Å². The van der Waals surface area contributed by atoms with Crippen LogP contribution in [-0.4, -0.2) is 11.0 Å². The molecule has 0 rings (SSSR count). The van der Waals surface area contributed by atoms with Crippen molar-refractivity contribution < 1.29 is 51.5 Å². The van der Waals surface area contributed by atoms with E-state index in [1.54, 1.807) is 0 Å². The van der Waals surface area contributed by atoms with Gasteiger partial charge in [0, 0.05) is 62.5 Å². The van der Waals surface area contributed by atoms with Crippen molar-refractivity contribution in [3.63, 3.8) is 0 Å². The Labute approximate surface area is 92.5 Å². The van der Waals surface area contributed by atoms with E-state index in [1.165, 1.54) is 0 Å². The summed E-state index contributed by atoms with van der Waals surface area (Å²) < 4.78 is 0. The van der Waals surface area contributed by atoms with Crippen molar-refractivity contribution in [2.45, 2.75) is 7.43 Å². The minimum Gasteiger partial charge on any atom is -0.197 e. The molecule has 0 N–H and O–H groups in total. The van der Waals surface area contributed by atoms with Gasteiger partial charge in [-0.2, -0.15) is 23.4 Å². The number of hydrogen-bond donors (Lipinski definition) is 0. The van der Waals surface area contributed by atoms with Crippen LogP contribution < -0.4 is 0 Å². The van der Waals surface area contributed by atoms with Crippen LogP contribution in [0, 0.1) is 0 Å². The zero-order valence-corrected chi connectivity index (χ0v) is 9.61. The molecule has 1 unspecified atom stereocenters. The van der Waals surface area contributed by atoms with E-state index in [4.69, 9.17) is 0 Å². The largest absolute Gasteiger partial charge is 0.197 e. The Bertz CT molecular complexity index is 19.7. The van der Waals surface area contributed by atoms with Gasteiger partial charge in [-0.25, -0.2) is 0 Å². The van der Waals surface area contributed by atoms with Crippen molar-refractivity contribution in [3.05, 3.63) is 0 Å². The molecule has 0 aliphatic rings. The predicted molar refractivity (Wildman–Crippen MR) is 34.0 cm³/mol. The summed E-state index contributed by atoms with van der Waals surface area (Å²) >= 11 is 0. The maximum Gasteiger partial charge on any atom is 0 e. The van der Waals surface area contributed by atoms with Crippen molar-refractivity contribution in [1.82, 2.24) is 0 Å². The fourth-order valence-electron chi connectivity index (χ4n) is 0. The Hall–Kier alpha value is 2.57. The van der Waals surface area contributed by atoms with Gasteiger partial charge in [0.15, 0.2) is 0 Å². The first-order chi connectivity index (χ1) is 0. The van der Waals surface area contributed by atoms with Crippen LogP contribution in [-0.2, 0) is 51.5 Å². The molecule has 0 aliphatic heterocycles. The zero-order valence-electron chi connectivity index (χ0n) is 2.79. The third-order valence-corrected chi connectivity index (χ3v) is 0. The molecule has 0 bridgehead atoms. The molecule has 7 heavy (non-hydrogen) atoms. The maximum absolute atomic E-state index is 0. The fourth-order valence-corrected chi connectivity index (χ4v) is 0. The molecule has 0 aliphatic carbocycles. The van der Waals surface area contributed by atoms with E-state index in [-0.39, 0.29) is 93.3 Å². The minimum atomic E-state index is 0. The summed E-state index contributed by atoms with van der Waals surface area (Å²) in [7, 11) is 0. The predicted octanol–water partition coefficient (Wildman–Crippen LogP) is 0.419. The Morgan fingerprint density at radius 1 is 1.00 bits per heavy atom. The molecule has 0 saturated carbocycles. The number of rotatable bonds is 0. The van der Waals surface area contributed by atoms with Crippen LogP contribution in [0.2, 0.25) is 0 Å². The Morgan fingerprint density at radius 2 is 1.00 bits per heavy atom. The van der Waals surface area contributed by atoms with Crippen LogP contribution in [0.25, 0.3) is 0 Å². The molecule has 6 radical (unpaired) electrons. The first-order valence-electron chi connectivity index (χ1n) is 0. The van der Waals surface area contributed by atoms with Gasteiger partial charge in [-0.3, -0.25) is 0 Å². The van der Waals surface area contributed by atoms with E-state index in [2.05, 4.69) is 0 Å². The smallest absolute Gasteiger partial charge is 0 e. The maximum atomic E-state index is 0. The second-order valence-electron chi connectivity index (χ2n) is 0. The van der Waals surface area contributed by atoms with Crippen LogP contribution in [0.5, 0.6) is 0 Å². The molecule has 0 aromatic rings. The van der Waals surface area contributed by atoms with Crippen molar-refractivity contribution in [1.29, 1.82) is 0 Å². The Morgan fingerprint density at radius 3 is 1.00 bits per heavy atom. The second kappa shape index (κ2) is 74.4. The molecule has 6 heteroatoms. The standard InChI is InChI=1S/CH4.Cr.Cu.Mn.H3P.H2S.Si/h1H4;;;;1H3;1H2;. The fraction of sp³-hybridized carbons (Fsp3) is 1.00. The molecule has 52 valence electrons. The molecule has 0 nitrogen and oxygen atoms in total. The third kappa shape index (κ3) is 56.0. The van der Waals surface area contributed by atoms with Gasteiger partial charge in [-0.1, -0.05) is 7.43 Å². The van der Waals surface area contributed by atoms with E-state index in [0.29, 0.717) is 0 Å². The van der Waals surface area contributed by atoms with Gasteiger partial charge in [0.1, 0.15) is 0 Å². The van der Waals surface area contributed by atoms with E-state index in [1.807, 2.05) is 0 Å². The Balaban J connectivity index is 0. The normalized spacial score (nSPS) is 0. The van der Waals surface area contributed by atoms with E-state index < -0.39 is 0 Å². The molecule has 0 fully saturated rings. The summed E-state index contributed by atoms with van der Waals surface area (Å²) in [6, 6.07) is 0. The van der Waals surface area contributed by atoms with Crippen LogP contribution in [0.1, 0.15) is 7.43 Å². The van der Waals surface area contributed by atoms with Crippen LogP contribution in [0.15, 0.2) is 0 Å². The number of hydrogen-bond acceptors (Lipinski definition) is 0. The molecule has 0 saturated heterocycles. The monoisotopic (exact) mass is 282 g/mol. The van der Waals surface area contributed by atoms with Gasteiger partial charge in [-0.15, -0.1) is 0 Å². The van der Waals surface area contributed by atoms with Gasteiger partial charge in [0.2, 0.25) is 0 Å². The van der Waals surface area contributed by atoms with Gasteiger partial charge in [0.25, 0.3) is 0 Å². The third-order valence-electron chi connectivity index (χ3n) is 0. The summed E-state index contributed by atoms with van der Waals surface area (Å²) in [6.07, 6.45) is 0. The van der Waals surface area contributed by atoms with Crippen LogP contribution >= 0.6 is 23.4 Å². The quantitative estimate of drug-likeness (QED) is 0.446. The topological polar surface area (TPSA) is 0 Å². The minimum absolute atomic E-state index is 0. The average Bonchev–Trinajstić information content (AvgIpc) is 0. The van der Waals surface area contributed by atoms with Crippen molar-refractivity contribution >= 4 is 34.4 Å². The summed E-state index contributed by atoms with van der Waals surface area (Å²) in [5.74, 6) is 0. The summed E-state index contributed by atoms with van der Waals surface area (Å²) in [6.45, 7) is 0. The SMILES string of the molecule is C.P.S.[Cr].[Cu].[Mn].[Si]. The van der Waals surface area contributed by atoms with Crippen LogP contribution in [0.4, 0.5) is 0 Å². The zero-order chi connectivity index (χ0) is 0. The van der Waals surface area contributed by atoms with E-state index >= 15 is 0 Å². The molecular formula is CH9CrCuMnPSSi. The summed E-state index contributed by atoms with van der Waals surface area (Å²) in [5.41, 5.74) is 0. The van der Waals surface area contributed by atoms with Crippen LogP contribution in [0.3, 0.4) is 0 Å². The summed E-state index contributed by atoms with van der Waals surface area (Å²) in [4.78, 5) is 0. The second-order valence-corrected chi connectivity index (χ2v) is 0. The molecule has 0 aromatic heterocycles. The van der Waals surface area contributed by atoms with Crippen molar-refractivity contribution in [2.75, 3.05) is 0 Å². The first kappa shape index (κ1) is 106. The molecule has 0 heterocycles. The molecule has 0 amide bonds.